The predicted molar refractivity (Wildman–Crippen MR) is 116 cm³/mol. The monoisotopic (exact) mass is 439 g/mol. The number of benzene rings is 2. The second-order valence-corrected chi connectivity index (χ2v) is 7.51. The SMILES string of the molecule is CCOC(=O)c1c([C@@H]2COc3ccccc3O2)csc1NC(=O)COc1ccccc1. The van der Waals surface area contributed by atoms with Gasteiger partial charge in [0.15, 0.2) is 24.2 Å². The third kappa shape index (κ3) is 4.80. The summed E-state index contributed by atoms with van der Waals surface area (Å²) in [5.74, 6) is 0.927. The Bertz CT molecular complexity index is 1060. The van der Waals surface area contributed by atoms with Gasteiger partial charge in [-0.25, -0.2) is 4.79 Å². The third-order valence-electron chi connectivity index (χ3n) is 4.52. The number of anilines is 1. The highest BCUT2D eigenvalue weighted by Gasteiger charge is 2.31. The van der Waals surface area contributed by atoms with E-state index in [0.29, 0.717) is 27.8 Å². The van der Waals surface area contributed by atoms with Gasteiger partial charge in [0.25, 0.3) is 5.91 Å². The van der Waals surface area contributed by atoms with Crippen LogP contribution >= 0.6 is 11.3 Å². The third-order valence-corrected chi connectivity index (χ3v) is 5.43. The van der Waals surface area contributed by atoms with Crippen LogP contribution in [0.4, 0.5) is 5.00 Å². The zero-order valence-electron chi connectivity index (χ0n) is 16.8. The highest BCUT2D eigenvalue weighted by atomic mass is 32.1. The molecule has 0 radical (unpaired) electrons. The minimum Gasteiger partial charge on any atom is -0.485 e. The fourth-order valence-corrected chi connectivity index (χ4v) is 4.12. The number of carbonyl (C=O) groups is 2. The number of nitrogens with one attached hydrogen (secondary N) is 1. The van der Waals surface area contributed by atoms with Crippen LogP contribution in [0.3, 0.4) is 0 Å². The van der Waals surface area contributed by atoms with Crippen molar-refractivity contribution in [2.75, 3.05) is 25.1 Å². The maximum atomic E-state index is 12.7. The summed E-state index contributed by atoms with van der Waals surface area (Å²) in [6, 6.07) is 16.4. The van der Waals surface area contributed by atoms with Crippen LogP contribution in [-0.4, -0.2) is 31.7 Å². The number of esters is 1. The van der Waals surface area contributed by atoms with Gasteiger partial charge >= 0.3 is 5.97 Å². The van der Waals surface area contributed by atoms with Crippen LogP contribution in [0.2, 0.25) is 0 Å². The Labute approximate surface area is 183 Å². The summed E-state index contributed by atoms with van der Waals surface area (Å²) in [6.07, 6.45) is -0.503. The Hall–Kier alpha value is -3.52. The van der Waals surface area contributed by atoms with Gasteiger partial charge in [0.05, 0.1) is 6.61 Å². The molecule has 1 N–H and O–H groups in total. The molecule has 8 heteroatoms. The van der Waals surface area contributed by atoms with E-state index in [4.69, 9.17) is 18.9 Å². The molecule has 31 heavy (non-hydrogen) atoms. The van der Waals surface area contributed by atoms with E-state index >= 15 is 0 Å². The first kappa shape index (κ1) is 20.7. The fourth-order valence-electron chi connectivity index (χ4n) is 3.12. The fraction of sp³-hybridized carbons (Fsp3) is 0.217. The lowest BCUT2D eigenvalue weighted by Crippen LogP contribution is -2.24. The van der Waals surface area contributed by atoms with Gasteiger partial charge in [-0.05, 0) is 31.2 Å². The van der Waals surface area contributed by atoms with Crippen LogP contribution in [0.1, 0.15) is 28.9 Å². The standard InChI is InChI=1S/C23H21NO6S/c1-2-27-23(26)21-16(19-12-29-17-10-6-7-11-18(17)30-19)14-31-22(21)24-20(25)13-28-15-8-4-3-5-9-15/h3-11,14,19H,2,12-13H2,1H3,(H,24,25)/t19-/m0/s1. The smallest absolute Gasteiger partial charge is 0.341 e. The summed E-state index contributed by atoms with van der Waals surface area (Å²) in [4.78, 5) is 25.1. The molecule has 0 unspecified atom stereocenters. The molecule has 1 aliphatic heterocycles. The number of para-hydroxylation sites is 3. The van der Waals surface area contributed by atoms with E-state index < -0.39 is 12.1 Å². The number of rotatable bonds is 7. The van der Waals surface area contributed by atoms with E-state index in [1.807, 2.05) is 42.5 Å². The molecule has 2 aromatic carbocycles. The second-order valence-electron chi connectivity index (χ2n) is 6.63. The molecular weight excluding hydrogens is 418 g/mol. The lowest BCUT2D eigenvalue weighted by Gasteiger charge is -2.26. The second kappa shape index (κ2) is 9.53. The molecule has 0 spiro atoms. The lowest BCUT2D eigenvalue weighted by molar-refractivity contribution is -0.118. The summed E-state index contributed by atoms with van der Waals surface area (Å²) in [7, 11) is 0. The Balaban J connectivity index is 1.52. The first-order valence-electron chi connectivity index (χ1n) is 9.80. The Morgan fingerprint density at radius 3 is 2.61 bits per heavy atom. The Morgan fingerprint density at radius 1 is 1.10 bits per heavy atom. The van der Waals surface area contributed by atoms with E-state index in [9.17, 15) is 9.59 Å². The van der Waals surface area contributed by atoms with Gasteiger partial charge in [0.1, 0.15) is 22.9 Å². The van der Waals surface area contributed by atoms with Gasteiger partial charge in [-0.15, -0.1) is 11.3 Å². The van der Waals surface area contributed by atoms with Crippen molar-refractivity contribution in [2.24, 2.45) is 0 Å². The highest BCUT2D eigenvalue weighted by Crippen LogP contribution is 2.40. The van der Waals surface area contributed by atoms with Crippen LogP contribution in [0, 0.1) is 0 Å². The van der Waals surface area contributed by atoms with E-state index in [1.54, 1.807) is 24.4 Å². The molecule has 4 rings (SSSR count). The van der Waals surface area contributed by atoms with E-state index in [-0.39, 0.29) is 31.3 Å². The van der Waals surface area contributed by atoms with Crippen molar-refractivity contribution >= 4 is 28.2 Å². The van der Waals surface area contributed by atoms with Crippen LogP contribution in [-0.2, 0) is 9.53 Å². The lowest BCUT2D eigenvalue weighted by atomic mass is 10.1. The summed E-state index contributed by atoms with van der Waals surface area (Å²) < 4.78 is 22.5. The number of fused-ring (bicyclic) bond motifs is 1. The van der Waals surface area contributed by atoms with E-state index in [1.165, 1.54) is 11.3 Å². The Kier molecular flexibility index (Phi) is 6.37. The predicted octanol–water partition coefficient (Wildman–Crippen LogP) is 4.45. The molecule has 0 bridgehead atoms. The normalized spacial score (nSPS) is 14.5. The molecule has 1 aliphatic rings. The van der Waals surface area contributed by atoms with Crippen LogP contribution in [0.5, 0.6) is 17.2 Å². The average Bonchev–Trinajstić information content (AvgIpc) is 3.21. The number of hydrogen-bond donors (Lipinski definition) is 1. The molecule has 1 atom stereocenters. The largest absolute Gasteiger partial charge is 0.485 e. The molecule has 0 aliphatic carbocycles. The zero-order valence-corrected chi connectivity index (χ0v) is 17.6. The topological polar surface area (TPSA) is 83.1 Å². The molecule has 1 aromatic heterocycles. The molecule has 3 aromatic rings. The molecule has 0 fully saturated rings. The van der Waals surface area contributed by atoms with Crippen LogP contribution < -0.4 is 19.5 Å². The maximum absolute atomic E-state index is 12.7. The first-order chi connectivity index (χ1) is 15.2. The van der Waals surface area contributed by atoms with Gasteiger partial charge in [0.2, 0.25) is 0 Å². The number of ether oxygens (including phenoxy) is 4. The minimum atomic E-state index is -0.527. The Morgan fingerprint density at radius 2 is 1.84 bits per heavy atom. The number of amides is 1. The quantitative estimate of drug-likeness (QED) is 0.548. The minimum absolute atomic E-state index is 0.185. The van der Waals surface area contributed by atoms with Gasteiger partial charge in [-0.1, -0.05) is 30.3 Å². The summed E-state index contributed by atoms with van der Waals surface area (Å²) >= 11 is 1.23. The van der Waals surface area contributed by atoms with Gasteiger partial charge in [0, 0.05) is 10.9 Å². The van der Waals surface area contributed by atoms with Crippen molar-refractivity contribution < 1.29 is 28.5 Å². The molecule has 2 heterocycles. The van der Waals surface area contributed by atoms with Crippen molar-refractivity contribution in [3.8, 4) is 17.2 Å². The molecule has 1 amide bonds. The summed E-state index contributed by atoms with van der Waals surface area (Å²) in [5.41, 5.74) is 0.880. The molecule has 0 saturated heterocycles. The van der Waals surface area contributed by atoms with Gasteiger partial charge < -0.3 is 24.3 Å². The highest BCUT2D eigenvalue weighted by molar-refractivity contribution is 7.15. The molecular formula is C23H21NO6S. The van der Waals surface area contributed by atoms with Gasteiger partial charge in [-0.3, -0.25) is 4.79 Å². The van der Waals surface area contributed by atoms with Crippen molar-refractivity contribution in [3.05, 3.63) is 71.1 Å². The zero-order chi connectivity index (χ0) is 21.6. The molecule has 0 saturated carbocycles. The van der Waals surface area contributed by atoms with Crippen molar-refractivity contribution in [2.45, 2.75) is 13.0 Å². The van der Waals surface area contributed by atoms with Crippen molar-refractivity contribution in [1.82, 2.24) is 0 Å². The number of thiophene rings is 1. The summed E-state index contributed by atoms with van der Waals surface area (Å²) in [5, 5.41) is 4.92. The molecule has 7 nitrogen and oxygen atoms in total. The number of hydrogen-bond acceptors (Lipinski definition) is 7. The first-order valence-corrected chi connectivity index (χ1v) is 10.7. The van der Waals surface area contributed by atoms with Gasteiger partial charge in [-0.2, -0.15) is 0 Å². The van der Waals surface area contributed by atoms with E-state index in [2.05, 4.69) is 5.32 Å². The number of carbonyl (C=O) groups excluding carboxylic acids is 2. The van der Waals surface area contributed by atoms with Crippen molar-refractivity contribution in [1.29, 1.82) is 0 Å². The van der Waals surface area contributed by atoms with Crippen LogP contribution in [0.15, 0.2) is 60.0 Å². The van der Waals surface area contributed by atoms with Crippen LogP contribution in [0.25, 0.3) is 0 Å². The average molecular weight is 439 g/mol. The molecule has 160 valence electrons. The maximum Gasteiger partial charge on any atom is 0.341 e. The van der Waals surface area contributed by atoms with Crippen molar-refractivity contribution in [3.63, 3.8) is 0 Å². The van der Waals surface area contributed by atoms with E-state index in [0.717, 1.165) is 0 Å². The summed E-state index contributed by atoms with van der Waals surface area (Å²) in [6.45, 7) is 2.00.